The standard InChI is InChI=1S/C20H30N4O4S/c1-15-13-17(24-12-3-6-19(24)25)7-8-18(15)29(27,28)22-9-4-11-23-10-2-5-16(14-23)20(21)26/h7-8,13,16,22H,2-6,9-12,14H2,1H3,(H2,21,26). The van der Waals surface area contributed by atoms with Crippen LogP contribution in [0.15, 0.2) is 23.1 Å². The Hall–Kier alpha value is -1.97. The minimum Gasteiger partial charge on any atom is -0.369 e. The van der Waals surface area contributed by atoms with Crippen molar-refractivity contribution in [3.63, 3.8) is 0 Å². The van der Waals surface area contributed by atoms with Gasteiger partial charge < -0.3 is 15.5 Å². The van der Waals surface area contributed by atoms with Crippen LogP contribution >= 0.6 is 0 Å². The van der Waals surface area contributed by atoms with E-state index in [0.29, 0.717) is 38.0 Å². The fourth-order valence-electron chi connectivity index (χ4n) is 4.10. The highest BCUT2D eigenvalue weighted by Crippen LogP contribution is 2.26. The van der Waals surface area contributed by atoms with Gasteiger partial charge in [-0.2, -0.15) is 0 Å². The predicted octanol–water partition coefficient (Wildman–Crippen LogP) is 0.988. The van der Waals surface area contributed by atoms with Gasteiger partial charge in [-0.05, 0) is 69.5 Å². The molecule has 1 unspecified atom stereocenters. The third kappa shape index (κ3) is 5.34. The number of anilines is 1. The first kappa shape index (κ1) is 21.7. The van der Waals surface area contributed by atoms with Crippen LogP contribution < -0.4 is 15.4 Å². The number of piperidine rings is 1. The SMILES string of the molecule is Cc1cc(N2CCCC2=O)ccc1S(=O)(=O)NCCCN1CCCC(C(N)=O)C1. The Morgan fingerprint density at radius 1 is 1.28 bits per heavy atom. The number of aryl methyl sites for hydroxylation is 1. The van der Waals surface area contributed by atoms with Crippen LogP contribution in [0.25, 0.3) is 0 Å². The van der Waals surface area contributed by atoms with Gasteiger partial charge in [-0.1, -0.05) is 0 Å². The second-order valence-corrected chi connectivity index (χ2v) is 9.63. The molecule has 1 aromatic rings. The number of sulfonamides is 1. The zero-order valence-corrected chi connectivity index (χ0v) is 17.7. The van der Waals surface area contributed by atoms with Gasteiger partial charge in [0.1, 0.15) is 0 Å². The Morgan fingerprint density at radius 2 is 2.07 bits per heavy atom. The molecule has 8 nitrogen and oxygen atoms in total. The van der Waals surface area contributed by atoms with Gasteiger partial charge in [0.15, 0.2) is 0 Å². The molecule has 1 aromatic carbocycles. The number of carbonyl (C=O) groups is 2. The Morgan fingerprint density at radius 3 is 2.72 bits per heavy atom. The molecule has 1 atom stereocenters. The maximum absolute atomic E-state index is 12.7. The lowest BCUT2D eigenvalue weighted by molar-refractivity contribution is -0.123. The highest BCUT2D eigenvalue weighted by atomic mass is 32.2. The Bertz CT molecular complexity index is 871. The van der Waals surface area contributed by atoms with Crippen molar-refractivity contribution >= 4 is 27.5 Å². The number of nitrogens with zero attached hydrogens (tertiary/aromatic N) is 2. The third-order valence-corrected chi connectivity index (χ3v) is 7.31. The Labute approximate surface area is 172 Å². The number of hydrogen-bond acceptors (Lipinski definition) is 5. The van der Waals surface area contributed by atoms with E-state index < -0.39 is 10.0 Å². The van der Waals surface area contributed by atoms with Crippen LogP contribution in [0.4, 0.5) is 5.69 Å². The molecular formula is C20H30N4O4S. The van der Waals surface area contributed by atoms with Crippen molar-refractivity contribution < 1.29 is 18.0 Å². The number of hydrogen-bond donors (Lipinski definition) is 2. The Balaban J connectivity index is 1.53. The van der Waals surface area contributed by atoms with E-state index in [4.69, 9.17) is 5.73 Å². The predicted molar refractivity (Wildman–Crippen MR) is 111 cm³/mol. The molecule has 29 heavy (non-hydrogen) atoms. The summed E-state index contributed by atoms with van der Waals surface area (Å²) in [5.41, 5.74) is 6.77. The second kappa shape index (κ2) is 9.23. The van der Waals surface area contributed by atoms with E-state index in [1.165, 1.54) is 0 Å². The molecule has 2 aliphatic heterocycles. The van der Waals surface area contributed by atoms with Crippen LogP contribution in [-0.2, 0) is 19.6 Å². The molecule has 0 aromatic heterocycles. The third-order valence-electron chi connectivity index (χ3n) is 5.68. The lowest BCUT2D eigenvalue weighted by Gasteiger charge is -2.31. The fraction of sp³-hybridized carbons (Fsp3) is 0.600. The van der Waals surface area contributed by atoms with Crippen LogP contribution in [-0.4, -0.2) is 57.9 Å². The number of carbonyl (C=O) groups excluding carboxylic acids is 2. The molecule has 0 saturated carbocycles. The molecule has 2 aliphatic rings. The van der Waals surface area contributed by atoms with Gasteiger partial charge in [-0.15, -0.1) is 0 Å². The van der Waals surface area contributed by atoms with Crippen molar-refractivity contribution in [1.82, 2.24) is 9.62 Å². The Kier molecular flexibility index (Phi) is 6.92. The summed E-state index contributed by atoms with van der Waals surface area (Å²) in [5.74, 6) is -0.288. The zero-order chi connectivity index (χ0) is 21.0. The van der Waals surface area contributed by atoms with Gasteiger partial charge in [0.2, 0.25) is 21.8 Å². The van der Waals surface area contributed by atoms with Crippen molar-refractivity contribution in [1.29, 1.82) is 0 Å². The van der Waals surface area contributed by atoms with E-state index in [-0.39, 0.29) is 22.6 Å². The minimum absolute atomic E-state index is 0.0782. The normalized spacial score (nSPS) is 20.9. The summed E-state index contributed by atoms with van der Waals surface area (Å²) in [6.45, 7) is 5.03. The first-order valence-electron chi connectivity index (χ1n) is 10.2. The number of nitrogens with one attached hydrogen (secondary N) is 1. The summed E-state index contributed by atoms with van der Waals surface area (Å²) in [6.07, 6.45) is 3.79. The van der Waals surface area contributed by atoms with Crippen LogP contribution in [0, 0.1) is 12.8 Å². The van der Waals surface area contributed by atoms with Crippen molar-refractivity contribution in [2.24, 2.45) is 11.7 Å². The summed E-state index contributed by atoms with van der Waals surface area (Å²) in [7, 11) is -3.62. The largest absolute Gasteiger partial charge is 0.369 e. The monoisotopic (exact) mass is 422 g/mol. The molecule has 9 heteroatoms. The van der Waals surface area contributed by atoms with E-state index >= 15 is 0 Å². The maximum atomic E-state index is 12.7. The summed E-state index contributed by atoms with van der Waals surface area (Å²) < 4.78 is 28.0. The molecule has 0 radical (unpaired) electrons. The van der Waals surface area contributed by atoms with Gasteiger partial charge in [0.25, 0.3) is 0 Å². The summed E-state index contributed by atoms with van der Waals surface area (Å²) in [5, 5.41) is 0. The second-order valence-electron chi connectivity index (χ2n) is 7.89. The number of amides is 2. The number of nitrogens with two attached hydrogens (primary N) is 1. The van der Waals surface area contributed by atoms with Crippen LogP contribution in [0.1, 0.15) is 37.7 Å². The average Bonchev–Trinajstić information content (AvgIpc) is 3.11. The van der Waals surface area contributed by atoms with Crippen LogP contribution in [0.3, 0.4) is 0 Å². The quantitative estimate of drug-likeness (QED) is 0.607. The van der Waals surface area contributed by atoms with Gasteiger partial charge in [-0.25, -0.2) is 13.1 Å². The highest BCUT2D eigenvalue weighted by molar-refractivity contribution is 7.89. The molecule has 2 saturated heterocycles. The fourth-order valence-corrected chi connectivity index (χ4v) is 5.40. The van der Waals surface area contributed by atoms with E-state index in [1.54, 1.807) is 30.0 Å². The van der Waals surface area contributed by atoms with Gasteiger partial charge in [-0.3, -0.25) is 9.59 Å². The van der Waals surface area contributed by atoms with Gasteiger partial charge in [0.05, 0.1) is 10.8 Å². The number of likely N-dealkylation sites (tertiary alicyclic amines) is 1. The minimum atomic E-state index is -3.62. The molecule has 2 fully saturated rings. The summed E-state index contributed by atoms with van der Waals surface area (Å²) in [6, 6.07) is 5.03. The molecule has 0 bridgehead atoms. The van der Waals surface area contributed by atoms with E-state index in [2.05, 4.69) is 9.62 Å². The lowest BCUT2D eigenvalue weighted by Crippen LogP contribution is -2.42. The molecule has 160 valence electrons. The summed E-state index contributed by atoms with van der Waals surface area (Å²) in [4.78, 5) is 27.4. The van der Waals surface area contributed by atoms with Crippen molar-refractivity contribution in [3.05, 3.63) is 23.8 Å². The molecule has 3 rings (SSSR count). The first-order chi connectivity index (χ1) is 13.8. The number of benzene rings is 1. The molecule has 0 aliphatic carbocycles. The number of primary amides is 1. The molecular weight excluding hydrogens is 392 g/mol. The van der Waals surface area contributed by atoms with Crippen LogP contribution in [0.5, 0.6) is 0 Å². The van der Waals surface area contributed by atoms with E-state index in [1.807, 2.05) is 0 Å². The topological polar surface area (TPSA) is 113 Å². The number of rotatable bonds is 8. The zero-order valence-electron chi connectivity index (χ0n) is 16.9. The van der Waals surface area contributed by atoms with Crippen LogP contribution in [0.2, 0.25) is 0 Å². The lowest BCUT2D eigenvalue weighted by atomic mass is 9.97. The van der Waals surface area contributed by atoms with Crippen molar-refractivity contribution in [2.75, 3.05) is 37.6 Å². The highest BCUT2D eigenvalue weighted by Gasteiger charge is 2.25. The van der Waals surface area contributed by atoms with E-state index in [0.717, 1.165) is 38.0 Å². The molecule has 2 amide bonds. The molecule has 0 spiro atoms. The first-order valence-corrected chi connectivity index (χ1v) is 11.7. The molecule has 3 N–H and O–H groups in total. The van der Waals surface area contributed by atoms with Gasteiger partial charge >= 0.3 is 0 Å². The van der Waals surface area contributed by atoms with Gasteiger partial charge in [0, 0.05) is 31.7 Å². The smallest absolute Gasteiger partial charge is 0.240 e. The average molecular weight is 423 g/mol. The molecule has 2 heterocycles. The summed E-state index contributed by atoms with van der Waals surface area (Å²) >= 11 is 0. The van der Waals surface area contributed by atoms with Crippen molar-refractivity contribution in [3.8, 4) is 0 Å². The van der Waals surface area contributed by atoms with E-state index in [9.17, 15) is 18.0 Å². The van der Waals surface area contributed by atoms with Crippen molar-refractivity contribution in [2.45, 2.75) is 43.9 Å². The maximum Gasteiger partial charge on any atom is 0.240 e.